The Morgan fingerprint density at radius 2 is 2.10 bits per heavy atom. The summed E-state index contributed by atoms with van der Waals surface area (Å²) >= 11 is 0. The van der Waals surface area contributed by atoms with E-state index in [4.69, 9.17) is 5.26 Å². The Kier molecular flexibility index (Phi) is 4.06. The molecule has 1 fully saturated rings. The van der Waals surface area contributed by atoms with Gasteiger partial charge in [0.15, 0.2) is 0 Å². The zero-order valence-corrected chi connectivity index (χ0v) is 12.1. The molecule has 0 saturated carbocycles. The van der Waals surface area contributed by atoms with E-state index in [9.17, 15) is 18.0 Å². The molecule has 1 aromatic rings. The summed E-state index contributed by atoms with van der Waals surface area (Å²) in [6.45, 7) is 0. The fourth-order valence-corrected chi connectivity index (χ4v) is 3.28. The summed E-state index contributed by atoms with van der Waals surface area (Å²) in [7, 11) is -2.61. The standard InChI is InChI=1S/C13H13N3O4S/c1-16-12(17)6-5-11(13(16)18)15-21(19,20)10-4-2-3-9(7-10)8-14/h2-4,7,11,15H,5-6H2,1H3. The average molecular weight is 307 g/mol. The minimum Gasteiger partial charge on any atom is -0.284 e. The van der Waals surface area contributed by atoms with Crippen molar-refractivity contribution < 1.29 is 18.0 Å². The molecule has 1 aliphatic heterocycles. The number of hydrogen-bond acceptors (Lipinski definition) is 5. The molecule has 1 atom stereocenters. The molecular weight excluding hydrogens is 294 g/mol. The van der Waals surface area contributed by atoms with Crippen molar-refractivity contribution in [2.45, 2.75) is 23.8 Å². The van der Waals surface area contributed by atoms with E-state index in [1.165, 1.54) is 31.3 Å². The number of rotatable bonds is 3. The molecule has 0 radical (unpaired) electrons. The van der Waals surface area contributed by atoms with Gasteiger partial charge in [0.2, 0.25) is 21.8 Å². The van der Waals surface area contributed by atoms with Crippen molar-refractivity contribution in [3.05, 3.63) is 29.8 Å². The molecule has 1 heterocycles. The lowest BCUT2D eigenvalue weighted by molar-refractivity contribution is -0.147. The van der Waals surface area contributed by atoms with Gasteiger partial charge >= 0.3 is 0 Å². The monoisotopic (exact) mass is 307 g/mol. The number of carbonyl (C=O) groups is 2. The summed E-state index contributed by atoms with van der Waals surface area (Å²) in [6.07, 6.45) is 0.229. The minimum absolute atomic E-state index is 0.0890. The molecule has 0 aliphatic carbocycles. The van der Waals surface area contributed by atoms with E-state index >= 15 is 0 Å². The molecule has 0 bridgehead atoms. The van der Waals surface area contributed by atoms with Gasteiger partial charge in [-0.15, -0.1) is 0 Å². The number of likely N-dealkylation sites (tertiary alicyclic amines) is 1. The van der Waals surface area contributed by atoms with Crippen LogP contribution < -0.4 is 4.72 Å². The van der Waals surface area contributed by atoms with Gasteiger partial charge in [-0.1, -0.05) is 6.07 Å². The highest BCUT2D eigenvalue weighted by molar-refractivity contribution is 7.89. The molecule has 1 aliphatic rings. The fraction of sp³-hybridized carbons (Fsp3) is 0.308. The van der Waals surface area contributed by atoms with Crippen LogP contribution in [0.4, 0.5) is 0 Å². The van der Waals surface area contributed by atoms with Gasteiger partial charge in [0.1, 0.15) is 6.04 Å². The summed E-state index contributed by atoms with van der Waals surface area (Å²) in [5.41, 5.74) is 0.208. The second-order valence-corrected chi connectivity index (χ2v) is 6.36. The predicted molar refractivity (Wildman–Crippen MR) is 72.3 cm³/mol. The number of nitriles is 1. The van der Waals surface area contributed by atoms with Gasteiger partial charge in [-0.25, -0.2) is 8.42 Å². The maximum absolute atomic E-state index is 12.2. The molecular formula is C13H13N3O4S. The molecule has 1 unspecified atom stereocenters. The highest BCUT2D eigenvalue weighted by atomic mass is 32.2. The number of benzene rings is 1. The quantitative estimate of drug-likeness (QED) is 0.790. The third-order valence-electron chi connectivity index (χ3n) is 3.22. The third kappa shape index (κ3) is 3.09. The summed E-state index contributed by atoms with van der Waals surface area (Å²) < 4.78 is 26.7. The topological polar surface area (TPSA) is 107 Å². The molecule has 1 saturated heterocycles. The van der Waals surface area contributed by atoms with E-state index in [0.29, 0.717) is 0 Å². The highest BCUT2D eigenvalue weighted by Gasteiger charge is 2.34. The Labute approximate surface area is 122 Å². The number of hydrogen-bond donors (Lipinski definition) is 1. The van der Waals surface area contributed by atoms with Crippen molar-refractivity contribution in [1.29, 1.82) is 5.26 Å². The van der Waals surface area contributed by atoms with Gasteiger partial charge in [0.05, 0.1) is 16.5 Å². The van der Waals surface area contributed by atoms with E-state index in [-0.39, 0.29) is 29.2 Å². The minimum atomic E-state index is -3.93. The van der Waals surface area contributed by atoms with Gasteiger partial charge in [0.25, 0.3) is 0 Å². The van der Waals surface area contributed by atoms with Crippen molar-refractivity contribution in [2.75, 3.05) is 7.05 Å². The van der Waals surface area contributed by atoms with E-state index in [1.54, 1.807) is 0 Å². The number of likely N-dealkylation sites (N-methyl/N-ethyl adjacent to an activating group) is 1. The predicted octanol–water partition coefficient (Wildman–Crippen LogP) is -0.0160. The van der Waals surface area contributed by atoms with Crippen LogP contribution in [0.5, 0.6) is 0 Å². The van der Waals surface area contributed by atoms with Gasteiger partial charge in [0, 0.05) is 13.5 Å². The molecule has 1 N–H and O–H groups in total. The molecule has 21 heavy (non-hydrogen) atoms. The Morgan fingerprint density at radius 3 is 2.76 bits per heavy atom. The largest absolute Gasteiger partial charge is 0.284 e. The number of imide groups is 1. The Balaban J connectivity index is 2.24. The zero-order valence-electron chi connectivity index (χ0n) is 11.2. The van der Waals surface area contributed by atoms with E-state index < -0.39 is 22.0 Å². The van der Waals surface area contributed by atoms with Crippen LogP contribution in [0.1, 0.15) is 18.4 Å². The van der Waals surface area contributed by atoms with Crippen LogP contribution in [-0.2, 0) is 19.6 Å². The van der Waals surface area contributed by atoms with Crippen LogP contribution in [0.3, 0.4) is 0 Å². The second-order valence-electron chi connectivity index (χ2n) is 4.64. The molecule has 0 aromatic heterocycles. The van der Waals surface area contributed by atoms with E-state index in [2.05, 4.69) is 4.72 Å². The van der Waals surface area contributed by atoms with E-state index in [0.717, 1.165) is 4.90 Å². The van der Waals surface area contributed by atoms with Gasteiger partial charge < -0.3 is 0 Å². The van der Waals surface area contributed by atoms with Gasteiger partial charge in [-0.05, 0) is 24.6 Å². The van der Waals surface area contributed by atoms with Gasteiger partial charge in [-0.2, -0.15) is 9.98 Å². The maximum Gasteiger partial charge on any atom is 0.247 e. The first-order valence-corrected chi connectivity index (χ1v) is 7.66. The lowest BCUT2D eigenvalue weighted by Crippen LogP contribution is -2.52. The SMILES string of the molecule is CN1C(=O)CCC(NS(=O)(=O)c2cccc(C#N)c2)C1=O. The molecule has 0 spiro atoms. The number of amides is 2. The second kappa shape index (κ2) is 5.63. The number of nitrogens with one attached hydrogen (secondary N) is 1. The first-order valence-electron chi connectivity index (χ1n) is 6.18. The molecule has 1 aromatic carbocycles. The van der Waals surface area contributed by atoms with Crippen molar-refractivity contribution in [2.24, 2.45) is 0 Å². The van der Waals surface area contributed by atoms with Crippen molar-refractivity contribution in [3.63, 3.8) is 0 Å². The molecule has 7 nitrogen and oxygen atoms in total. The molecule has 110 valence electrons. The summed E-state index contributed by atoms with van der Waals surface area (Å²) in [5, 5.41) is 8.79. The van der Waals surface area contributed by atoms with Crippen LogP contribution in [0.15, 0.2) is 29.2 Å². The number of carbonyl (C=O) groups excluding carboxylic acids is 2. The Bertz CT molecular complexity index is 736. The summed E-state index contributed by atoms with van der Waals surface area (Å²) in [5.74, 6) is -0.909. The highest BCUT2D eigenvalue weighted by Crippen LogP contribution is 2.16. The van der Waals surface area contributed by atoms with Crippen molar-refractivity contribution >= 4 is 21.8 Å². The van der Waals surface area contributed by atoms with Crippen molar-refractivity contribution in [3.8, 4) is 6.07 Å². The molecule has 2 rings (SSSR count). The number of nitrogens with zero attached hydrogens (tertiary/aromatic N) is 2. The maximum atomic E-state index is 12.2. The zero-order chi connectivity index (χ0) is 15.6. The lowest BCUT2D eigenvalue weighted by Gasteiger charge is -2.27. The van der Waals surface area contributed by atoms with Crippen LogP contribution in [0.25, 0.3) is 0 Å². The van der Waals surface area contributed by atoms with E-state index in [1.807, 2.05) is 6.07 Å². The first kappa shape index (κ1) is 15.2. The van der Waals surface area contributed by atoms with Crippen LogP contribution in [0.2, 0.25) is 0 Å². The molecule has 2 amide bonds. The van der Waals surface area contributed by atoms with Crippen LogP contribution in [0, 0.1) is 11.3 Å². The normalized spacial score (nSPS) is 19.4. The third-order valence-corrected chi connectivity index (χ3v) is 4.69. The summed E-state index contributed by atoms with van der Waals surface area (Å²) in [6, 6.07) is 6.38. The van der Waals surface area contributed by atoms with Crippen LogP contribution in [-0.4, -0.2) is 38.2 Å². The number of sulfonamides is 1. The fourth-order valence-electron chi connectivity index (χ4n) is 2.01. The van der Waals surface area contributed by atoms with Crippen LogP contribution >= 0.6 is 0 Å². The smallest absolute Gasteiger partial charge is 0.247 e. The number of piperidine rings is 1. The Hall–Kier alpha value is -2.24. The van der Waals surface area contributed by atoms with Gasteiger partial charge in [-0.3, -0.25) is 14.5 Å². The average Bonchev–Trinajstić information content (AvgIpc) is 2.48. The Morgan fingerprint density at radius 1 is 1.38 bits per heavy atom. The lowest BCUT2D eigenvalue weighted by atomic mass is 10.1. The summed E-state index contributed by atoms with van der Waals surface area (Å²) in [4.78, 5) is 24.1. The van der Waals surface area contributed by atoms with Crippen molar-refractivity contribution in [1.82, 2.24) is 9.62 Å². The first-order chi connectivity index (χ1) is 9.85. The molecule has 8 heteroatoms.